The first kappa shape index (κ1) is 14.6. The summed E-state index contributed by atoms with van der Waals surface area (Å²) in [7, 11) is 0. The molecular formula is C18H18F2S. The van der Waals surface area contributed by atoms with E-state index >= 15 is 0 Å². The Hall–Kier alpha value is -1.35. The third-order valence-corrected chi connectivity index (χ3v) is 5.13. The molecule has 0 aliphatic carbocycles. The third kappa shape index (κ3) is 2.48. The Morgan fingerprint density at radius 3 is 2.43 bits per heavy atom. The number of rotatable bonds is 0. The molecular weight excluding hydrogens is 286 g/mol. The molecule has 0 fully saturated rings. The van der Waals surface area contributed by atoms with Crippen LogP contribution < -0.4 is 0 Å². The quantitative estimate of drug-likeness (QED) is 0.597. The van der Waals surface area contributed by atoms with Crippen molar-refractivity contribution in [2.45, 2.75) is 37.3 Å². The number of fused-ring (bicyclic) bond motifs is 2. The molecule has 110 valence electrons. The molecule has 3 rings (SSSR count). The minimum absolute atomic E-state index is 0.0637. The molecule has 0 amide bonds. The summed E-state index contributed by atoms with van der Waals surface area (Å²) >= 11 is 1.59. The molecule has 3 heteroatoms. The summed E-state index contributed by atoms with van der Waals surface area (Å²) in [5.74, 6) is -0.911. The van der Waals surface area contributed by atoms with E-state index in [4.69, 9.17) is 0 Å². The zero-order chi connectivity index (χ0) is 15.2. The van der Waals surface area contributed by atoms with Gasteiger partial charge in [0, 0.05) is 22.1 Å². The second kappa shape index (κ2) is 5.13. The van der Waals surface area contributed by atoms with Gasteiger partial charge in [-0.25, -0.2) is 8.78 Å². The van der Waals surface area contributed by atoms with Crippen molar-refractivity contribution in [2.75, 3.05) is 0 Å². The van der Waals surface area contributed by atoms with Crippen molar-refractivity contribution in [3.05, 3.63) is 64.7 Å². The lowest BCUT2D eigenvalue weighted by atomic mass is 9.71. The van der Waals surface area contributed by atoms with Crippen LogP contribution in [0.1, 0.15) is 43.4 Å². The molecule has 2 aromatic carbocycles. The largest absolute Gasteiger partial charge is 0.204 e. The first-order valence-corrected chi connectivity index (χ1v) is 8.06. The van der Waals surface area contributed by atoms with Crippen LogP contribution in [0.4, 0.5) is 8.78 Å². The second-order valence-electron chi connectivity index (χ2n) is 6.55. The standard InChI is InChI=1S/C18H18F2S/c1-18(2,3)16-11-8-9-14(19)17(20)13(11)10-21-15-7-5-4-6-12(15)16/h4-9,16H,10H2,1-3H3/t16-/m0/s1. The Morgan fingerprint density at radius 1 is 1.00 bits per heavy atom. The molecule has 0 saturated heterocycles. The first-order chi connectivity index (χ1) is 9.89. The molecule has 0 aromatic heterocycles. The molecule has 0 N–H and O–H groups in total. The van der Waals surface area contributed by atoms with Gasteiger partial charge in [-0.1, -0.05) is 45.0 Å². The van der Waals surface area contributed by atoms with E-state index in [2.05, 4.69) is 32.9 Å². The van der Waals surface area contributed by atoms with Crippen molar-refractivity contribution >= 4 is 11.8 Å². The van der Waals surface area contributed by atoms with Crippen LogP contribution in [0, 0.1) is 17.0 Å². The van der Waals surface area contributed by atoms with Gasteiger partial charge in [0.25, 0.3) is 0 Å². The summed E-state index contributed by atoms with van der Waals surface area (Å²) in [4.78, 5) is 1.16. The average molecular weight is 304 g/mol. The van der Waals surface area contributed by atoms with Gasteiger partial charge in [0.15, 0.2) is 11.6 Å². The summed E-state index contributed by atoms with van der Waals surface area (Å²) in [5, 5.41) is 0. The minimum Gasteiger partial charge on any atom is -0.204 e. The van der Waals surface area contributed by atoms with Crippen molar-refractivity contribution in [2.24, 2.45) is 5.41 Å². The summed E-state index contributed by atoms with van der Waals surface area (Å²) in [6.07, 6.45) is 0. The number of benzene rings is 2. The van der Waals surface area contributed by atoms with Crippen LogP contribution in [-0.2, 0) is 5.75 Å². The molecule has 1 aliphatic heterocycles. The van der Waals surface area contributed by atoms with E-state index < -0.39 is 11.6 Å². The van der Waals surface area contributed by atoms with Gasteiger partial charge in [-0.15, -0.1) is 11.8 Å². The molecule has 0 radical (unpaired) electrons. The van der Waals surface area contributed by atoms with Gasteiger partial charge in [-0.2, -0.15) is 0 Å². The van der Waals surface area contributed by atoms with Gasteiger partial charge >= 0.3 is 0 Å². The molecule has 0 unspecified atom stereocenters. The highest BCUT2D eigenvalue weighted by Crippen LogP contribution is 2.49. The van der Waals surface area contributed by atoms with Crippen molar-refractivity contribution in [3.63, 3.8) is 0 Å². The molecule has 1 heterocycles. The minimum atomic E-state index is -0.757. The van der Waals surface area contributed by atoms with Gasteiger partial charge in [-0.3, -0.25) is 0 Å². The monoisotopic (exact) mass is 304 g/mol. The lowest BCUT2D eigenvalue weighted by molar-refractivity contribution is 0.353. The van der Waals surface area contributed by atoms with Gasteiger partial charge in [0.1, 0.15) is 0 Å². The second-order valence-corrected chi connectivity index (χ2v) is 7.57. The molecule has 1 atom stereocenters. The number of halogens is 2. The van der Waals surface area contributed by atoms with Gasteiger partial charge < -0.3 is 0 Å². The molecule has 0 spiro atoms. The van der Waals surface area contributed by atoms with Crippen molar-refractivity contribution in [1.29, 1.82) is 0 Å². The van der Waals surface area contributed by atoms with Gasteiger partial charge in [-0.05, 0) is 28.7 Å². The third-order valence-electron chi connectivity index (χ3n) is 4.01. The first-order valence-electron chi connectivity index (χ1n) is 7.08. The van der Waals surface area contributed by atoms with Crippen LogP contribution in [0.2, 0.25) is 0 Å². The Morgan fingerprint density at radius 2 is 1.71 bits per heavy atom. The molecule has 0 saturated carbocycles. The fraction of sp³-hybridized carbons (Fsp3) is 0.333. The predicted molar refractivity (Wildman–Crippen MR) is 83.7 cm³/mol. The average Bonchev–Trinajstić information content (AvgIpc) is 2.59. The van der Waals surface area contributed by atoms with E-state index in [9.17, 15) is 8.78 Å². The zero-order valence-corrected chi connectivity index (χ0v) is 13.2. The Kier molecular flexibility index (Phi) is 3.56. The van der Waals surface area contributed by atoms with Crippen LogP contribution in [0.5, 0.6) is 0 Å². The smallest absolute Gasteiger partial charge is 0.163 e. The number of thioether (sulfide) groups is 1. The van der Waals surface area contributed by atoms with Crippen LogP contribution >= 0.6 is 11.8 Å². The van der Waals surface area contributed by atoms with Gasteiger partial charge in [0.05, 0.1) is 0 Å². The molecule has 0 nitrogen and oxygen atoms in total. The van der Waals surface area contributed by atoms with Crippen molar-refractivity contribution < 1.29 is 8.78 Å². The lowest BCUT2D eigenvalue weighted by Crippen LogP contribution is -2.21. The zero-order valence-electron chi connectivity index (χ0n) is 12.4. The molecule has 21 heavy (non-hydrogen) atoms. The highest BCUT2D eigenvalue weighted by atomic mass is 32.2. The summed E-state index contributed by atoms with van der Waals surface area (Å²) < 4.78 is 27.9. The molecule has 1 aliphatic rings. The lowest BCUT2D eigenvalue weighted by Gasteiger charge is -2.32. The van der Waals surface area contributed by atoms with E-state index in [0.29, 0.717) is 11.3 Å². The fourth-order valence-corrected chi connectivity index (χ4v) is 4.25. The Balaban J connectivity index is 2.29. The van der Waals surface area contributed by atoms with E-state index in [0.717, 1.165) is 10.5 Å². The SMILES string of the molecule is CC(C)(C)[C@@H]1c2ccccc2SCc2c1ccc(F)c2F. The van der Waals surface area contributed by atoms with Crippen molar-refractivity contribution in [3.8, 4) is 0 Å². The Labute approximate surface area is 128 Å². The highest BCUT2D eigenvalue weighted by Gasteiger charge is 2.34. The van der Waals surface area contributed by atoms with Crippen LogP contribution in [0.3, 0.4) is 0 Å². The number of hydrogen-bond acceptors (Lipinski definition) is 1. The Bertz CT molecular complexity index is 686. The summed E-state index contributed by atoms with van der Waals surface area (Å²) in [6.45, 7) is 6.44. The maximum atomic E-state index is 14.3. The highest BCUT2D eigenvalue weighted by molar-refractivity contribution is 7.98. The summed E-state index contributed by atoms with van der Waals surface area (Å²) in [5.41, 5.74) is 2.56. The van der Waals surface area contributed by atoms with Crippen molar-refractivity contribution in [1.82, 2.24) is 0 Å². The van der Waals surface area contributed by atoms with Crippen LogP contribution in [-0.4, -0.2) is 0 Å². The molecule has 0 bridgehead atoms. The normalized spacial score (nSPS) is 17.9. The summed E-state index contributed by atoms with van der Waals surface area (Å²) in [6, 6.07) is 11.2. The maximum Gasteiger partial charge on any atom is 0.163 e. The topological polar surface area (TPSA) is 0 Å². The number of hydrogen-bond donors (Lipinski definition) is 0. The van der Waals surface area contributed by atoms with E-state index in [1.54, 1.807) is 17.8 Å². The van der Waals surface area contributed by atoms with E-state index in [-0.39, 0.29) is 11.3 Å². The van der Waals surface area contributed by atoms with E-state index in [1.165, 1.54) is 11.6 Å². The predicted octanol–water partition coefficient (Wildman–Crippen LogP) is 5.75. The van der Waals surface area contributed by atoms with Crippen LogP contribution in [0.25, 0.3) is 0 Å². The molecule has 2 aromatic rings. The van der Waals surface area contributed by atoms with E-state index in [1.807, 2.05) is 12.1 Å². The fourth-order valence-electron chi connectivity index (χ4n) is 3.13. The van der Waals surface area contributed by atoms with Gasteiger partial charge in [0.2, 0.25) is 0 Å². The maximum absolute atomic E-state index is 14.3. The van der Waals surface area contributed by atoms with Crippen LogP contribution in [0.15, 0.2) is 41.3 Å².